The van der Waals surface area contributed by atoms with Gasteiger partial charge in [0.15, 0.2) is 0 Å². The van der Waals surface area contributed by atoms with Crippen LogP contribution in [0.15, 0.2) is 35.7 Å². The van der Waals surface area contributed by atoms with E-state index in [1.165, 1.54) is 0 Å². The molecule has 1 aliphatic carbocycles. The lowest BCUT2D eigenvalue weighted by atomic mass is 9.78. The quantitative estimate of drug-likeness (QED) is 0.171. The van der Waals surface area contributed by atoms with Crippen molar-refractivity contribution in [2.75, 3.05) is 25.1 Å². The van der Waals surface area contributed by atoms with Gasteiger partial charge in [-0.3, -0.25) is 14.6 Å². The number of aromatic nitrogens is 2. The standard InChI is InChI=1S/C37H48F6N6O3/c1-5-30-16-32(17-31(6-2)49(30)34(51)25-10-8-23(9-11-25)14-33(50)52-7-3)48(35-44-18-26(19-45-35)27-20-46-47(4)22-27)21-24-12-28(36(38,39)40)15-29(13-24)37(41,42)43/h12-13,15,18-20,23,25,27,30-32H,5-11,14,16-17,21-22H2,1-4H3/t23-,25-,27?,30-,31+,32+. The van der Waals surface area contributed by atoms with Crippen LogP contribution in [0.2, 0.25) is 0 Å². The van der Waals surface area contributed by atoms with Gasteiger partial charge in [-0.05, 0) is 93.5 Å². The summed E-state index contributed by atoms with van der Waals surface area (Å²) in [5.41, 5.74) is -2.15. The van der Waals surface area contributed by atoms with Gasteiger partial charge in [-0.1, -0.05) is 13.8 Å². The van der Waals surface area contributed by atoms with Crippen molar-refractivity contribution in [3.63, 3.8) is 0 Å². The maximum absolute atomic E-state index is 14.2. The van der Waals surface area contributed by atoms with Crippen molar-refractivity contribution in [3.05, 3.63) is 52.8 Å². The number of benzene rings is 1. The van der Waals surface area contributed by atoms with Crippen molar-refractivity contribution in [2.45, 2.75) is 121 Å². The SMILES string of the molecule is CCOC(=O)C[C@H]1CC[C@H](C(=O)N2[C@H](CC)C[C@H](N(Cc3cc(C(F)(F)F)cc(C(F)(F)F)c3)c3ncc(C4C=NN(C)C4)cn3)C[C@@H]2CC)CC1. The third kappa shape index (κ3) is 9.35. The Morgan fingerprint density at radius 2 is 1.46 bits per heavy atom. The molecule has 1 aromatic heterocycles. The van der Waals surface area contributed by atoms with Gasteiger partial charge in [-0.25, -0.2) is 9.97 Å². The number of hydrazone groups is 1. The van der Waals surface area contributed by atoms with Crippen LogP contribution in [0.4, 0.5) is 32.3 Å². The van der Waals surface area contributed by atoms with E-state index in [4.69, 9.17) is 4.74 Å². The predicted molar refractivity (Wildman–Crippen MR) is 183 cm³/mol. The average Bonchev–Trinajstić information content (AvgIpc) is 3.55. The lowest BCUT2D eigenvalue weighted by Crippen LogP contribution is -2.58. The lowest BCUT2D eigenvalue weighted by molar-refractivity contribution is -0.146. The minimum absolute atomic E-state index is 0.0614. The molecule has 0 spiro atoms. The average molecular weight is 739 g/mol. The molecule has 0 bridgehead atoms. The van der Waals surface area contributed by atoms with Crippen LogP contribution in [0.5, 0.6) is 0 Å². The van der Waals surface area contributed by atoms with Gasteiger partial charge in [0.25, 0.3) is 0 Å². The van der Waals surface area contributed by atoms with Crippen molar-refractivity contribution >= 4 is 24.0 Å². The second kappa shape index (κ2) is 16.4. The van der Waals surface area contributed by atoms with Crippen LogP contribution >= 0.6 is 0 Å². The molecule has 52 heavy (non-hydrogen) atoms. The normalized spacial score (nSPS) is 25.3. The molecule has 0 N–H and O–H groups in total. The molecule has 4 atom stereocenters. The van der Waals surface area contributed by atoms with E-state index >= 15 is 0 Å². The summed E-state index contributed by atoms with van der Waals surface area (Å²) in [7, 11) is 1.83. The zero-order chi connectivity index (χ0) is 37.8. The number of hydrogen-bond acceptors (Lipinski definition) is 8. The summed E-state index contributed by atoms with van der Waals surface area (Å²) < 4.78 is 88.3. The number of nitrogens with zero attached hydrogens (tertiary/aromatic N) is 6. The Kier molecular flexibility index (Phi) is 12.4. The van der Waals surface area contributed by atoms with Crippen LogP contribution in [0, 0.1) is 11.8 Å². The summed E-state index contributed by atoms with van der Waals surface area (Å²) in [5, 5.41) is 6.03. The zero-order valence-corrected chi connectivity index (χ0v) is 30.1. The zero-order valence-electron chi connectivity index (χ0n) is 30.1. The van der Waals surface area contributed by atoms with E-state index in [0.29, 0.717) is 58.1 Å². The monoisotopic (exact) mass is 738 g/mol. The highest BCUT2D eigenvalue weighted by Gasteiger charge is 2.43. The van der Waals surface area contributed by atoms with Gasteiger partial charge in [0, 0.05) is 75.1 Å². The van der Waals surface area contributed by atoms with E-state index < -0.39 is 23.5 Å². The first kappa shape index (κ1) is 39.3. The van der Waals surface area contributed by atoms with E-state index in [1.807, 2.05) is 25.8 Å². The van der Waals surface area contributed by atoms with Crippen LogP contribution in [0.3, 0.4) is 0 Å². The third-order valence-electron chi connectivity index (χ3n) is 10.7. The largest absolute Gasteiger partial charge is 0.466 e. The first-order valence-electron chi connectivity index (χ1n) is 18.2. The molecule has 5 rings (SSSR count). The molecule has 2 aromatic rings. The fourth-order valence-corrected chi connectivity index (χ4v) is 7.98. The number of ether oxygens (including phenoxy) is 1. The van der Waals surface area contributed by atoms with Gasteiger partial charge < -0.3 is 14.5 Å². The maximum atomic E-state index is 14.2. The van der Waals surface area contributed by atoms with Gasteiger partial charge in [0.2, 0.25) is 11.9 Å². The highest BCUT2D eigenvalue weighted by Crippen LogP contribution is 2.40. The number of halogens is 6. The second-order valence-corrected chi connectivity index (χ2v) is 14.3. The van der Waals surface area contributed by atoms with Crippen molar-refractivity contribution < 1.29 is 40.7 Å². The number of hydrogen-bond donors (Lipinski definition) is 0. The Bertz CT molecular complexity index is 1510. The third-order valence-corrected chi connectivity index (χ3v) is 10.7. The van der Waals surface area contributed by atoms with Crippen LogP contribution in [-0.2, 0) is 33.2 Å². The molecule has 1 saturated heterocycles. The minimum atomic E-state index is -4.99. The molecular weight excluding hydrogens is 690 g/mol. The van der Waals surface area contributed by atoms with Crippen LogP contribution in [-0.4, -0.2) is 76.3 Å². The molecular formula is C37H48F6N6O3. The molecule has 9 nitrogen and oxygen atoms in total. The number of carbonyl (C=O) groups excluding carboxylic acids is 2. The van der Waals surface area contributed by atoms with E-state index in [9.17, 15) is 35.9 Å². The molecule has 3 heterocycles. The van der Waals surface area contributed by atoms with Crippen molar-refractivity contribution in [1.29, 1.82) is 0 Å². The Morgan fingerprint density at radius 3 is 1.94 bits per heavy atom. The molecule has 286 valence electrons. The molecule has 0 radical (unpaired) electrons. The Balaban J connectivity index is 1.42. The summed E-state index contributed by atoms with van der Waals surface area (Å²) in [4.78, 5) is 39.1. The van der Waals surface area contributed by atoms with Gasteiger partial charge in [-0.2, -0.15) is 31.4 Å². The van der Waals surface area contributed by atoms with Gasteiger partial charge in [0.1, 0.15) is 0 Å². The molecule has 1 unspecified atom stereocenters. The molecule has 1 aromatic carbocycles. The predicted octanol–water partition coefficient (Wildman–Crippen LogP) is 7.84. The Morgan fingerprint density at radius 1 is 0.885 bits per heavy atom. The number of rotatable bonds is 11. The Hall–Kier alpha value is -3.91. The number of amides is 1. The number of carbonyl (C=O) groups is 2. The molecule has 1 saturated carbocycles. The second-order valence-electron chi connectivity index (χ2n) is 14.3. The number of anilines is 1. The van der Waals surface area contributed by atoms with Crippen molar-refractivity contribution in [3.8, 4) is 0 Å². The molecule has 1 amide bonds. The first-order chi connectivity index (χ1) is 24.6. The number of alkyl halides is 6. The van der Waals surface area contributed by atoms with E-state index in [0.717, 1.165) is 30.5 Å². The maximum Gasteiger partial charge on any atom is 0.416 e. The summed E-state index contributed by atoms with van der Waals surface area (Å²) in [6.45, 7) is 6.38. The van der Waals surface area contributed by atoms with Gasteiger partial charge in [-0.15, -0.1) is 0 Å². The fraction of sp³-hybridized carbons (Fsp3) is 0.649. The van der Waals surface area contributed by atoms with E-state index in [1.54, 1.807) is 35.4 Å². The molecule has 3 aliphatic rings. The minimum Gasteiger partial charge on any atom is -0.466 e. The molecule has 2 aliphatic heterocycles. The highest BCUT2D eigenvalue weighted by molar-refractivity contribution is 5.80. The topological polar surface area (TPSA) is 91.2 Å². The lowest BCUT2D eigenvalue weighted by Gasteiger charge is -2.49. The summed E-state index contributed by atoms with van der Waals surface area (Å²) in [6, 6.07) is 0.835. The van der Waals surface area contributed by atoms with Gasteiger partial charge >= 0.3 is 18.3 Å². The first-order valence-corrected chi connectivity index (χ1v) is 18.2. The highest BCUT2D eigenvalue weighted by atomic mass is 19.4. The molecule has 15 heteroatoms. The van der Waals surface area contributed by atoms with Crippen LogP contribution in [0.25, 0.3) is 0 Å². The number of esters is 1. The molecule has 2 fully saturated rings. The summed E-state index contributed by atoms with van der Waals surface area (Å²) in [5.74, 6) is -0.0438. The van der Waals surface area contributed by atoms with Gasteiger partial charge in [0.05, 0.1) is 17.7 Å². The van der Waals surface area contributed by atoms with Crippen molar-refractivity contribution in [2.24, 2.45) is 16.9 Å². The van der Waals surface area contributed by atoms with Crippen LogP contribution in [0.1, 0.15) is 107 Å². The summed E-state index contributed by atoms with van der Waals surface area (Å²) >= 11 is 0. The number of likely N-dealkylation sites (tertiary alicyclic amines) is 1. The Labute approximate surface area is 300 Å². The van der Waals surface area contributed by atoms with Crippen molar-refractivity contribution in [1.82, 2.24) is 19.9 Å². The van der Waals surface area contributed by atoms with E-state index in [-0.39, 0.29) is 71.9 Å². The van der Waals surface area contributed by atoms with E-state index in [2.05, 4.69) is 15.1 Å². The fourth-order valence-electron chi connectivity index (χ4n) is 7.98. The number of likely N-dealkylation sites (N-methyl/N-ethyl adjacent to an activating group) is 1. The summed E-state index contributed by atoms with van der Waals surface area (Å²) in [6.07, 6.45) is 0.334. The smallest absolute Gasteiger partial charge is 0.416 e. The number of piperidine rings is 1. The van der Waals surface area contributed by atoms with Crippen LogP contribution < -0.4 is 4.90 Å².